The van der Waals surface area contributed by atoms with Gasteiger partial charge in [-0.05, 0) is 119 Å². The second kappa shape index (κ2) is 6.64. The van der Waals surface area contributed by atoms with Gasteiger partial charge in [-0.1, -0.05) is 26.0 Å². The van der Waals surface area contributed by atoms with Gasteiger partial charge in [0.15, 0.2) is 0 Å². The topological polar surface area (TPSA) is 9.23 Å². The Kier molecular flexibility index (Phi) is 4.86. The maximum absolute atomic E-state index is 6.24. The van der Waals surface area contributed by atoms with Crippen molar-refractivity contribution in [3.63, 3.8) is 0 Å². The Balaban J connectivity index is 1.53. The van der Waals surface area contributed by atoms with Gasteiger partial charge in [0.1, 0.15) is 0 Å². The minimum atomic E-state index is 0.383. The Labute approximate surface area is 162 Å². The van der Waals surface area contributed by atoms with Gasteiger partial charge in [0.2, 0.25) is 0 Å². The van der Waals surface area contributed by atoms with Crippen molar-refractivity contribution < 1.29 is 4.74 Å². The van der Waals surface area contributed by atoms with Crippen molar-refractivity contribution in [2.24, 2.45) is 40.4 Å². The van der Waals surface area contributed by atoms with Crippen LogP contribution in [0.4, 0.5) is 0 Å². The van der Waals surface area contributed by atoms with Crippen molar-refractivity contribution in [1.29, 1.82) is 0 Å². The van der Waals surface area contributed by atoms with E-state index in [4.69, 9.17) is 4.74 Å². The normalized spacial score (nSPS) is 50.8. The average molecular weight is 359 g/mol. The molecule has 0 radical (unpaired) electrons. The molecule has 0 heterocycles. The summed E-state index contributed by atoms with van der Waals surface area (Å²) >= 11 is 0. The van der Waals surface area contributed by atoms with Gasteiger partial charge in [0.05, 0.1) is 12.2 Å². The zero-order valence-electron chi connectivity index (χ0n) is 18.0. The minimum Gasteiger partial charge on any atom is -0.376 e. The highest BCUT2D eigenvalue weighted by Gasteiger charge is 2.60. The molecule has 0 aromatic rings. The van der Waals surface area contributed by atoms with Crippen LogP contribution in [0.25, 0.3) is 0 Å². The molecule has 4 aliphatic rings. The molecule has 1 heteroatoms. The monoisotopic (exact) mass is 358 g/mol. The van der Waals surface area contributed by atoms with Crippen LogP contribution in [0, 0.1) is 40.4 Å². The Morgan fingerprint density at radius 3 is 2.31 bits per heavy atom. The molecule has 0 spiro atoms. The Bertz CT molecular complexity index is 550. The van der Waals surface area contributed by atoms with Crippen LogP contribution < -0.4 is 0 Å². The van der Waals surface area contributed by atoms with Crippen LogP contribution in [-0.2, 0) is 4.74 Å². The molecule has 0 aromatic carbocycles. The first-order valence-electron chi connectivity index (χ1n) is 11.6. The molecule has 0 aliphatic heterocycles. The average Bonchev–Trinajstić information content (AvgIpc) is 2.92. The Morgan fingerprint density at radius 2 is 1.62 bits per heavy atom. The molecule has 0 amide bonds. The zero-order chi connectivity index (χ0) is 18.7. The lowest BCUT2D eigenvalue weighted by molar-refractivity contribution is -0.138. The molecule has 148 valence electrons. The summed E-state index contributed by atoms with van der Waals surface area (Å²) in [5.41, 5.74) is 2.59. The summed E-state index contributed by atoms with van der Waals surface area (Å²) in [7, 11) is 0. The van der Waals surface area contributed by atoms with Gasteiger partial charge in [-0.2, -0.15) is 0 Å². The SMILES string of the molecule is C=C(C)[C@H]1CC[C@H]2[C@@H]3CC[C@@H]4C[C@H](OC(C)C)CC[C@]4(C)[C@H]3CC[C@]12C. The van der Waals surface area contributed by atoms with Crippen molar-refractivity contribution in [3.8, 4) is 0 Å². The van der Waals surface area contributed by atoms with Crippen molar-refractivity contribution in [3.05, 3.63) is 12.2 Å². The predicted octanol–water partition coefficient (Wildman–Crippen LogP) is 7.02. The molecule has 1 nitrogen and oxygen atoms in total. The molecule has 0 aromatic heterocycles. The van der Waals surface area contributed by atoms with Crippen LogP contribution in [0.2, 0.25) is 0 Å². The van der Waals surface area contributed by atoms with E-state index in [1.54, 1.807) is 0 Å². The number of allylic oxidation sites excluding steroid dienone is 1. The number of rotatable bonds is 3. The van der Waals surface area contributed by atoms with Crippen LogP contribution in [-0.4, -0.2) is 12.2 Å². The highest BCUT2D eigenvalue weighted by Crippen LogP contribution is 2.68. The van der Waals surface area contributed by atoms with E-state index in [-0.39, 0.29) is 0 Å². The second-order valence-electron chi connectivity index (χ2n) is 11.3. The van der Waals surface area contributed by atoms with Crippen molar-refractivity contribution >= 4 is 0 Å². The van der Waals surface area contributed by atoms with E-state index in [1.807, 2.05) is 0 Å². The van der Waals surface area contributed by atoms with E-state index >= 15 is 0 Å². The number of hydrogen-bond donors (Lipinski definition) is 0. The molecule has 4 saturated carbocycles. The van der Waals surface area contributed by atoms with E-state index in [9.17, 15) is 0 Å². The fourth-order valence-corrected chi connectivity index (χ4v) is 8.54. The van der Waals surface area contributed by atoms with E-state index in [0.717, 1.165) is 29.6 Å². The third-order valence-electron chi connectivity index (χ3n) is 9.68. The van der Waals surface area contributed by atoms with Crippen LogP contribution >= 0.6 is 0 Å². The molecule has 0 bridgehead atoms. The standard InChI is InChI=1S/C25H42O/c1-16(2)21-9-10-22-20-8-7-18-15-19(26-17(3)4)11-13-24(18,5)23(20)12-14-25(21,22)6/h17-23H,1,7-15H2,2-6H3/t18-,19-,20+,21-,22+,23+,24+,25-/m1/s1. The van der Waals surface area contributed by atoms with E-state index in [2.05, 4.69) is 41.2 Å². The Morgan fingerprint density at radius 1 is 0.923 bits per heavy atom. The predicted molar refractivity (Wildman–Crippen MR) is 110 cm³/mol. The van der Waals surface area contributed by atoms with Crippen LogP contribution in [0.15, 0.2) is 12.2 Å². The summed E-state index contributed by atoms with van der Waals surface area (Å²) in [5, 5.41) is 0. The lowest BCUT2D eigenvalue weighted by Gasteiger charge is -2.61. The van der Waals surface area contributed by atoms with Crippen molar-refractivity contribution in [2.45, 2.75) is 105 Å². The third kappa shape index (κ3) is 2.83. The smallest absolute Gasteiger partial charge is 0.0581 e. The first-order chi connectivity index (χ1) is 12.3. The molecular weight excluding hydrogens is 316 g/mol. The summed E-state index contributed by atoms with van der Waals surface area (Å²) in [6.07, 6.45) is 13.7. The molecule has 4 fully saturated rings. The van der Waals surface area contributed by atoms with Gasteiger partial charge in [-0.25, -0.2) is 0 Å². The molecule has 8 atom stereocenters. The lowest BCUT2D eigenvalue weighted by atomic mass is 9.44. The molecule has 4 rings (SSSR count). The van der Waals surface area contributed by atoms with Crippen LogP contribution in [0.1, 0.15) is 92.4 Å². The van der Waals surface area contributed by atoms with Crippen molar-refractivity contribution in [1.82, 2.24) is 0 Å². The highest BCUT2D eigenvalue weighted by molar-refractivity contribution is 5.15. The summed E-state index contributed by atoms with van der Waals surface area (Å²) < 4.78 is 6.24. The fraction of sp³-hybridized carbons (Fsp3) is 0.920. The van der Waals surface area contributed by atoms with Gasteiger partial charge in [0, 0.05) is 0 Å². The van der Waals surface area contributed by atoms with Crippen LogP contribution in [0.5, 0.6) is 0 Å². The summed E-state index contributed by atoms with van der Waals surface area (Å²) in [6.45, 7) is 16.4. The third-order valence-corrected chi connectivity index (χ3v) is 9.68. The molecular formula is C25H42O. The van der Waals surface area contributed by atoms with Gasteiger partial charge in [-0.15, -0.1) is 0 Å². The highest BCUT2D eigenvalue weighted by atomic mass is 16.5. The van der Waals surface area contributed by atoms with Crippen LogP contribution in [0.3, 0.4) is 0 Å². The quantitative estimate of drug-likeness (QED) is 0.493. The second-order valence-corrected chi connectivity index (χ2v) is 11.3. The van der Waals surface area contributed by atoms with Gasteiger partial charge < -0.3 is 4.74 Å². The Hall–Kier alpha value is -0.300. The summed E-state index contributed by atoms with van der Waals surface area (Å²) in [5.74, 6) is 4.62. The van der Waals surface area contributed by atoms with E-state index in [0.29, 0.717) is 23.0 Å². The fourth-order valence-electron chi connectivity index (χ4n) is 8.54. The lowest BCUT2D eigenvalue weighted by Crippen LogP contribution is -2.54. The molecule has 0 saturated heterocycles. The van der Waals surface area contributed by atoms with Gasteiger partial charge in [0.25, 0.3) is 0 Å². The van der Waals surface area contributed by atoms with E-state index in [1.165, 1.54) is 63.4 Å². The first-order valence-corrected chi connectivity index (χ1v) is 11.6. The van der Waals surface area contributed by atoms with Gasteiger partial charge >= 0.3 is 0 Å². The zero-order valence-corrected chi connectivity index (χ0v) is 18.0. The summed E-state index contributed by atoms with van der Waals surface area (Å²) in [4.78, 5) is 0. The maximum Gasteiger partial charge on any atom is 0.0581 e. The number of fused-ring (bicyclic) bond motifs is 5. The van der Waals surface area contributed by atoms with Crippen molar-refractivity contribution in [2.75, 3.05) is 0 Å². The molecule has 0 N–H and O–H groups in total. The first kappa shape index (κ1) is 19.0. The van der Waals surface area contributed by atoms with Gasteiger partial charge in [-0.3, -0.25) is 0 Å². The molecule has 0 unspecified atom stereocenters. The maximum atomic E-state index is 6.24. The molecule has 4 aliphatic carbocycles. The molecule has 26 heavy (non-hydrogen) atoms. The largest absolute Gasteiger partial charge is 0.376 e. The van der Waals surface area contributed by atoms with E-state index < -0.39 is 0 Å². The summed E-state index contributed by atoms with van der Waals surface area (Å²) in [6, 6.07) is 0. The number of ether oxygens (including phenoxy) is 1. The number of hydrogen-bond acceptors (Lipinski definition) is 1. The minimum absolute atomic E-state index is 0.383.